The predicted octanol–water partition coefficient (Wildman–Crippen LogP) is 6.70. The molecule has 2 aromatic carbocycles. The highest BCUT2D eigenvalue weighted by Crippen LogP contribution is 2.35. The molecule has 6 nitrogen and oxygen atoms in total. The molecule has 0 bridgehead atoms. The van der Waals surface area contributed by atoms with Crippen molar-refractivity contribution in [3.8, 4) is 0 Å². The van der Waals surface area contributed by atoms with Gasteiger partial charge in [0.1, 0.15) is 5.82 Å². The van der Waals surface area contributed by atoms with Crippen LogP contribution in [0.25, 0.3) is 21.7 Å². The number of aromatic nitrogens is 1. The number of hydrazine groups is 2. The van der Waals surface area contributed by atoms with Crippen LogP contribution < -0.4 is 4.90 Å². The summed E-state index contributed by atoms with van der Waals surface area (Å²) < 4.78 is 4.29. The standard InChI is InChI=1S/C27H40N6.3ClH/c1-9-17-31(18-10-2)27-25-19-21(32(11-3)29(5)6)13-15-23(25)24-16-14-22(20-26(24)28-27)33(12-4)30(7)8;;;/h11-16,19-20H,9-10,17-18H2,1-8H3;3*1H/q+2;;;. The summed E-state index contributed by atoms with van der Waals surface area (Å²) in [7, 11) is 8.23. The molecule has 0 aliphatic rings. The molecule has 1 aromatic heterocycles. The zero-order valence-electron chi connectivity index (χ0n) is 22.9. The van der Waals surface area contributed by atoms with Crippen LogP contribution in [-0.4, -0.2) is 78.1 Å². The molecule has 0 aliphatic heterocycles. The van der Waals surface area contributed by atoms with Gasteiger partial charge < -0.3 is 4.90 Å². The third kappa shape index (κ3) is 6.93. The number of rotatable bonds is 9. The summed E-state index contributed by atoms with van der Waals surface area (Å²) >= 11 is 0. The first kappa shape index (κ1) is 33.7. The Morgan fingerprint density at radius 2 is 1.17 bits per heavy atom. The molecule has 200 valence electrons. The molecule has 0 N–H and O–H groups in total. The number of anilines is 1. The second kappa shape index (κ2) is 15.1. The summed E-state index contributed by atoms with van der Waals surface area (Å²) in [6.45, 7) is 10.6. The first-order chi connectivity index (χ1) is 15.9. The van der Waals surface area contributed by atoms with Crippen molar-refractivity contribution in [2.75, 3.05) is 46.2 Å². The Balaban J connectivity index is 0.00000408. The average molecular weight is 558 g/mol. The third-order valence-corrected chi connectivity index (χ3v) is 5.91. The van der Waals surface area contributed by atoms with Crippen molar-refractivity contribution < 1.29 is 9.37 Å². The van der Waals surface area contributed by atoms with Crippen LogP contribution in [0.4, 0.5) is 17.2 Å². The summed E-state index contributed by atoms with van der Waals surface area (Å²) in [6, 6.07) is 13.3. The van der Waals surface area contributed by atoms with Crippen molar-refractivity contribution in [2.24, 2.45) is 0 Å². The minimum Gasteiger partial charge on any atom is -0.356 e. The molecular formula is C27H43Cl3N6+2. The topological polar surface area (TPSA) is 28.6 Å². The summed E-state index contributed by atoms with van der Waals surface area (Å²) in [5.41, 5.74) is 3.28. The Kier molecular flexibility index (Phi) is 14.1. The van der Waals surface area contributed by atoms with Gasteiger partial charge in [0.25, 0.3) is 0 Å². The van der Waals surface area contributed by atoms with E-state index < -0.39 is 0 Å². The van der Waals surface area contributed by atoms with E-state index in [2.05, 4.69) is 129 Å². The number of hydrazone groups is 2. The molecule has 0 atom stereocenters. The first-order valence-electron chi connectivity index (χ1n) is 12.0. The number of benzene rings is 2. The minimum absolute atomic E-state index is 0. The van der Waals surface area contributed by atoms with Gasteiger partial charge in [-0.3, -0.25) is 0 Å². The van der Waals surface area contributed by atoms with Gasteiger partial charge in [0.15, 0.2) is 12.4 Å². The van der Waals surface area contributed by atoms with Crippen LogP contribution in [0.2, 0.25) is 0 Å². The van der Waals surface area contributed by atoms with E-state index in [1.807, 2.05) is 0 Å². The minimum atomic E-state index is 0. The molecular weight excluding hydrogens is 515 g/mol. The lowest BCUT2D eigenvalue weighted by Gasteiger charge is -2.25. The number of nitrogens with zero attached hydrogens (tertiary/aromatic N) is 6. The van der Waals surface area contributed by atoms with Gasteiger partial charge in [-0.1, -0.05) is 23.2 Å². The lowest BCUT2D eigenvalue weighted by Crippen LogP contribution is -2.26. The average Bonchev–Trinajstić information content (AvgIpc) is 2.78. The molecule has 1 heterocycles. The summed E-state index contributed by atoms with van der Waals surface area (Å²) in [5.74, 6) is 1.08. The molecule has 0 aliphatic carbocycles. The van der Waals surface area contributed by atoms with E-state index in [4.69, 9.17) is 4.98 Å². The highest BCUT2D eigenvalue weighted by Gasteiger charge is 2.20. The molecule has 3 rings (SSSR count). The van der Waals surface area contributed by atoms with Crippen LogP contribution in [0.5, 0.6) is 0 Å². The Hall–Kier alpha value is -2.28. The van der Waals surface area contributed by atoms with Crippen molar-refractivity contribution in [3.63, 3.8) is 0 Å². The fourth-order valence-electron chi connectivity index (χ4n) is 4.58. The second-order valence-corrected chi connectivity index (χ2v) is 8.75. The number of hydrogen-bond acceptors (Lipinski definition) is 4. The van der Waals surface area contributed by atoms with E-state index in [1.54, 1.807) is 0 Å². The van der Waals surface area contributed by atoms with E-state index >= 15 is 0 Å². The fourth-order valence-corrected chi connectivity index (χ4v) is 4.58. The lowest BCUT2D eigenvalue weighted by atomic mass is 10.0. The number of hydrogen-bond donors (Lipinski definition) is 0. The molecule has 0 unspecified atom stereocenters. The summed E-state index contributed by atoms with van der Waals surface area (Å²) in [6.07, 6.45) is 6.35. The van der Waals surface area contributed by atoms with Crippen molar-refractivity contribution >= 4 is 88.5 Å². The Morgan fingerprint density at radius 3 is 1.61 bits per heavy atom. The van der Waals surface area contributed by atoms with E-state index in [1.165, 1.54) is 16.2 Å². The van der Waals surface area contributed by atoms with Gasteiger partial charge in [-0.15, -0.1) is 37.2 Å². The van der Waals surface area contributed by atoms with Crippen LogP contribution in [0, 0.1) is 0 Å². The van der Waals surface area contributed by atoms with Crippen molar-refractivity contribution in [1.82, 2.24) is 15.0 Å². The van der Waals surface area contributed by atoms with Crippen LogP contribution in [0.3, 0.4) is 0 Å². The highest BCUT2D eigenvalue weighted by atomic mass is 35.5. The Bertz CT molecular complexity index is 1190. The van der Waals surface area contributed by atoms with Gasteiger partial charge in [-0.2, -0.15) is 10.0 Å². The largest absolute Gasteiger partial charge is 0.356 e. The van der Waals surface area contributed by atoms with Crippen LogP contribution >= 0.6 is 37.2 Å². The van der Waals surface area contributed by atoms with Crippen molar-refractivity contribution in [3.05, 3.63) is 36.4 Å². The Labute approximate surface area is 235 Å². The summed E-state index contributed by atoms with van der Waals surface area (Å²) in [5, 5.41) is 7.80. The Morgan fingerprint density at radius 1 is 0.694 bits per heavy atom. The molecule has 0 fully saturated rings. The second-order valence-electron chi connectivity index (χ2n) is 8.75. The van der Waals surface area contributed by atoms with Crippen molar-refractivity contribution in [2.45, 2.75) is 40.5 Å². The molecule has 0 saturated heterocycles. The van der Waals surface area contributed by atoms with Crippen LogP contribution in [-0.2, 0) is 0 Å². The maximum Gasteiger partial charge on any atom is 0.237 e. The quantitative estimate of drug-likeness (QED) is 0.127. The van der Waals surface area contributed by atoms with E-state index in [-0.39, 0.29) is 37.2 Å². The van der Waals surface area contributed by atoms with Crippen LogP contribution in [0.1, 0.15) is 40.5 Å². The zero-order valence-corrected chi connectivity index (χ0v) is 25.3. The maximum atomic E-state index is 5.27. The van der Waals surface area contributed by atoms with E-state index in [0.29, 0.717) is 0 Å². The third-order valence-electron chi connectivity index (χ3n) is 5.91. The van der Waals surface area contributed by atoms with E-state index in [0.717, 1.165) is 48.6 Å². The fraction of sp³-hybridized carbons (Fsp3) is 0.444. The lowest BCUT2D eigenvalue weighted by molar-refractivity contribution is -0.606. The molecule has 3 aromatic rings. The highest BCUT2D eigenvalue weighted by molar-refractivity contribution is 6.11. The molecule has 0 spiro atoms. The van der Waals surface area contributed by atoms with Gasteiger partial charge in [0.2, 0.25) is 11.4 Å². The van der Waals surface area contributed by atoms with Gasteiger partial charge in [0, 0.05) is 62.0 Å². The number of fused-ring (bicyclic) bond motifs is 3. The maximum absolute atomic E-state index is 5.27. The molecule has 0 radical (unpaired) electrons. The molecule has 9 heteroatoms. The first-order valence-corrected chi connectivity index (χ1v) is 12.0. The monoisotopic (exact) mass is 556 g/mol. The smallest absolute Gasteiger partial charge is 0.237 e. The summed E-state index contributed by atoms with van der Waals surface area (Å²) in [4.78, 5) is 7.72. The number of pyridine rings is 1. The van der Waals surface area contributed by atoms with Crippen molar-refractivity contribution in [1.29, 1.82) is 0 Å². The normalized spacial score (nSPS) is 11.4. The van der Waals surface area contributed by atoms with Gasteiger partial charge in [0.05, 0.1) is 33.7 Å². The SMILES string of the molecule is CC=[N+](c1ccc2c(c1)nc(N(CCC)CCC)c1cc([N+](=CC)N(C)C)ccc12)N(C)C.Cl.Cl.Cl. The van der Waals surface area contributed by atoms with Gasteiger partial charge in [-0.25, -0.2) is 4.98 Å². The van der Waals surface area contributed by atoms with Gasteiger partial charge >= 0.3 is 0 Å². The molecule has 36 heavy (non-hydrogen) atoms. The van der Waals surface area contributed by atoms with Gasteiger partial charge in [-0.05, 0) is 30.4 Å². The van der Waals surface area contributed by atoms with Crippen LogP contribution in [0.15, 0.2) is 36.4 Å². The number of halogens is 3. The van der Waals surface area contributed by atoms with E-state index in [9.17, 15) is 0 Å². The molecule has 0 saturated carbocycles. The zero-order chi connectivity index (χ0) is 24.1. The predicted molar refractivity (Wildman–Crippen MR) is 164 cm³/mol. The molecule has 0 amide bonds.